The van der Waals surface area contributed by atoms with Crippen LogP contribution in [0.4, 0.5) is 0 Å². The van der Waals surface area contributed by atoms with Crippen molar-refractivity contribution in [2.24, 2.45) is 5.41 Å². The van der Waals surface area contributed by atoms with E-state index in [9.17, 15) is 0 Å². The molecule has 0 heteroatoms. The van der Waals surface area contributed by atoms with Gasteiger partial charge in [0, 0.05) is 0 Å². The van der Waals surface area contributed by atoms with Gasteiger partial charge in [-0.1, -0.05) is 274 Å². The minimum Gasteiger partial charge on any atom is -0.0654 e. The first kappa shape index (κ1) is 58.9. The lowest BCUT2D eigenvalue weighted by molar-refractivity contribution is 0.301. The lowest BCUT2D eigenvalue weighted by Gasteiger charge is -2.29. The van der Waals surface area contributed by atoms with Crippen LogP contribution < -0.4 is 0 Å². The zero-order chi connectivity index (χ0) is 48.7. The second-order valence-electron chi connectivity index (χ2n) is 24.9. The Labute approximate surface area is 388 Å². The highest BCUT2D eigenvalue weighted by atomic mass is 14.3. The fraction of sp³-hybridized carbons (Fsp3) is 0.613. The Kier molecular flexibility index (Phi) is 23.6. The number of aryl methyl sites for hydroxylation is 3. The molecule has 0 fully saturated rings. The maximum Gasteiger partial charge on any atom is -0.0132 e. The predicted octanol–water partition coefficient (Wildman–Crippen LogP) is 20.0. The summed E-state index contributed by atoms with van der Waals surface area (Å²) in [5.41, 5.74) is 15.8. The zero-order valence-electron chi connectivity index (χ0n) is 46.1. The molecule has 0 spiro atoms. The Morgan fingerprint density at radius 3 is 0.694 bits per heavy atom. The van der Waals surface area contributed by atoms with Crippen molar-refractivity contribution in [1.29, 1.82) is 0 Å². The van der Waals surface area contributed by atoms with Crippen LogP contribution in [-0.4, -0.2) is 0 Å². The maximum absolute atomic E-state index is 2.38. The van der Waals surface area contributed by atoms with Crippen LogP contribution in [0.25, 0.3) is 0 Å². The first-order valence-corrected chi connectivity index (χ1v) is 24.4. The average molecular weight is 847 g/mol. The van der Waals surface area contributed by atoms with Crippen molar-refractivity contribution in [2.75, 3.05) is 0 Å². The molecule has 0 unspecified atom stereocenters. The molecule has 0 amide bonds. The number of rotatable bonds is 6. The summed E-state index contributed by atoms with van der Waals surface area (Å²) in [6, 6.07) is 31.7. The lowest BCUT2D eigenvalue weighted by Crippen LogP contribution is -2.20. The summed E-state index contributed by atoms with van der Waals surface area (Å²) in [4.78, 5) is 0. The zero-order valence-corrected chi connectivity index (χ0v) is 46.1. The molecule has 0 aliphatic rings. The van der Waals surface area contributed by atoms with Crippen LogP contribution in [0.3, 0.4) is 0 Å². The van der Waals surface area contributed by atoms with Crippen LogP contribution in [0.5, 0.6) is 0 Å². The topological polar surface area (TPSA) is 0 Å². The predicted molar refractivity (Wildman–Crippen MR) is 285 cm³/mol. The third kappa shape index (κ3) is 23.5. The Bertz CT molecular complexity index is 1620. The third-order valence-corrected chi connectivity index (χ3v) is 11.6. The molecule has 0 aromatic heterocycles. The summed E-state index contributed by atoms with van der Waals surface area (Å²) in [7, 11) is 0. The fourth-order valence-corrected chi connectivity index (χ4v) is 7.34. The van der Waals surface area contributed by atoms with Gasteiger partial charge in [0.2, 0.25) is 0 Å². The van der Waals surface area contributed by atoms with E-state index in [-0.39, 0.29) is 27.1 Å². The van der Waals surface area contributed by atoms with E-state index < -0.39 is 0 Å². The van der Waals surface area contributed by atoms with E-state index in [1.165, 1.54) is 81.3 Å². The molecule has 4 aromatic rings. The van der Waals surface area contributed by atoms with Crippen molar-refractivity contribution >= 4 is 0 Å². The average Bonchev–Trinajstić information content (AvgIpc) is 3.10. The molecule has 0 aliphatic carbocycles. The van der Waals surface area contributed by atoms with E-state index in [2.05, 4.69) is 265 Å². The number of hydrogen-bond donors (Lipinski definition) is 0. The third-order valence-electron chi connectivity index (χ3n) is 11.6. The van der Waals surface area contributed by atoms with Crippen molar-refractivity contribution in [1.82, 2.24) is 0 Å². The molecule has 0 N–H and O–H groups in total. The van der Waals surface area contributed by atoms with Gasteiger partial charge in [-0.25, -0.2) is 0 Å². The molecule has 4 rings (SSSR count). The molecule has 0 aliphatic heterocycles. The first-order valence-electron chi connectivity index (χ1n) is 24.4. The standard InChI is InChI=1S/C18H30.C14H22.C12H18.C9H12.C9H20/c1-16(2,3)13-10-14(17(4,5)6)12-15(11-13)18(7,8)9;1-13(2,3)11-7-9-12(10-8-11)14(4,5)6;1-9(2)11-5-7-12(8-6-11)10(3)4;1-7-4-8(2)6-9(3)5-7;1-5-7-9(3,4)8-6-2/h10-12H,1-9H3;7-10H,1-6H3;5-10H,1-4H3;4-6H,1-3H3;5-8H2,1-4H3. The smallest absolute Gasteiger partial charge is 0.0132 e. The lowest BCUT2D eigenvalue weighted by atomic mass is 9.76. The highest BCUT2D eigenvalue weighted by Crippen LogP contribution is 2.34. The molecule has 0 bridgehead atoms. The van der Waals surface area contributed by atoms with E-state index in [0.29, 0.717) is 17.3 Å². The maximum atomic E-state index is 2.38. The largest absolute Gasteiger partial charge is 0.0654 e. The molecule has 0 nitrogen and oxygen atoms in total. The number of benzene rings is 4. The van der Waals surface area contributed by atoms with Gasteiger partial charge in [-0.15, -0.1) is 0 Å². The van der Waals surface area contributed by atoms with E-state index in [1.54, 1.807) is 0 Å². The van der Waals surface area contributed by atoms with Gasteiger partial charge in [0.05, 0.1) is 0 Å². The molecule has 0 saturated heterocycles. The summed E-state index contributed by atoms with van der Waals surface area (Å²) in [5, 5.41) is 0. The van der Waals surface area contributed by atoms with E-state index in [4.69, 9.17) is 0 Å². The summed E-state index contributed by atoms with van der Waals surface area (Å²) in [6.07, 6.45) is 5.40. The van der Waals surface area contributed by atoms with E-state index in [1.807, 2.05) is 0 Å². The fourth-order valence-electron chi connectivity index (χ4n) is 7.34. The summed E-state index contributed by atoms with van der Waals surface area (Å²) in [5.74, 6) is 1.29. The Balaban J connectivity index is 0.000000770. The second-order valence-corrected chi connectivity index (χ2v) is 24.9. The number of hydrogen-bond acceptors (Lipinski definition) is 0. The molecule has 0 saturated carbocycles. The summed E-state index contributed by atoms with van der Waals surface area (Å²) >= 11 is 0. The summed E-state index contributed by atoms with van der Waals surface area (Å²) < 4.78 is 0. The Morgan fingerprint density at radius 2 is 0.532 bits per heavy atom. The van der Waals surface area contributed by atoms with Crippen molar-refractivity contribution in [3.8, 4) is 0 Å². The monoisotopic (exact) mass is 847 g/mol. The van der Waals surface area contributed by atoms with Crippen LogP contribution in [0.1, 0.15) is 252 Å². The SMILES string of the molecule is CC(C)(C)c1cc(C(C)(C)C)cc(C(C)(C)C)c1.CC(C)(C)c1ccc(C(C)(C)C)cc1.CC(C)c1ccc(C(C)C)cc1.CCCC(C)(C)CCC.Cc1cc(C)cc(C)c1. The molecule has 0 radical (unpaired) electrons. The first-order chi connectivity index (χ1) is 27.9. The van der Waals surface area contributed by atoms with Crippen LogP contribution in [0, 0.1) is 26.2 Å². The second kappa shape index (κ2) is 24.8. The van der Waals surface area contributed by atoms with Crippen molar-refractivity contribution in [3.05, 3.63) is 141 Å². The summed E-state index contributed by atoms with van der Waals surface area (Å²) in [6.45, 7) is 58.7. The van der Waals surface area contributed by atoms with Crippen LogP contribution in [-0.2, 0) is 27.1 Å². The quantitative estimate of drug-likeness (QED) is 0.181. The molecule has 0 atom stereocenters. The molecular formula is C62H102. The van der Waals surface area contributed by atoms with Gasteiger partial charge in [0.25, 0.3) is 0 Å². The van der Waals surface area contributed by atoms with Crippen molar-refractivity contribution in [2.45, 2.75) is 245 Å². The molecule has 4 aromatic carbocycles. The van der Waals surface area contributed by atoms with Gasteiger partial charge < -0.3 is 0 Å². The van der Waals surface area contributed by atoms with Crippen molar-refractivity contribution < 1.29 is 0 Å². The van der Waals surface area contributed by atoms with Gasteiger partial charge in [0.1, 0.15) is 0 Å². The molecule has 0 heterocycles. The van der Waals surface area contributed by atoms with Crippen LogP contribution >= 0.6 is 0 Å². The molecule has 350 valence electrons. The van der Waals surface area contributed by atoms with Gasteiger partial charge in [-0.05, 0) is 117 Å². The van der Waals surface area contributed by atoms with Gasteiger partial charge in [-0.3, -0.25) is 0 Å². The minimum absolute atomic E-state index is 0.210. The highest BCUT2D eigenvalue weighted by molar-refractivity contribution is 5.40. The van der Waals surface area contributed by atoms with Gasteiger partial charge in [0.15, 0.2) is 0 Å². The van der Waals surface area contributed by atoms with Gasteiger partial charge in [-0.2, -0.15) is 0 Å². The van der Waals surface area contributed by atoms with Crippen LogP contribution in [0.15, 0.2) is 84.9 Å². The highest BCUT2D eigenvalue weighted by Gasteiger charge is 2.24. The Hall–Kier alpha value is -3.12. The van der Waals surface area contributed by atoms with E-state index >= 15 is 0 Å². The van der Waals surface area contributed by atoms with Crippen LogP contribution in [0.2, 0.25) is 0 Å². The Morgan fingerprint density at radius 1 is 0.323 bits per heavy atom. The van der Waals surface area contributed by atoms with Gasteiger partial charge >= 0.3 is 0 Å². The minimum atomic E-state index is 0.210. The normalized spacial score (nSPS) is 12.3. The molecule has 62 heavy (non-hydrogen) atoms. The molecular weight excluding hydrogens is 745 g/mol. The van der Waals surface area contributed by atoms with E-state index in [0.717, 1.165) is 0 Å². The van der Waals surface area contributed by atoms with Crippen molar-refractivity contribution in [3.63, 3.8) is 0 Å².